The van der Waals surface area contributed by atoms with Crippen LogP contribution in [0.25, 0.3) is 0 Å². The molecule has 0 saturated heterocycles. The fraction of sp³-hybridized carbons (Fsp3) is 0.593. The smallest absolute Gasteiger partial charge is 0.326 e. The zero-order chi connectivity index (χ0) is 26.0. The Kier molecular flexibility index (Phi) is 9.65. The molecule has 1 saturated carbocycles. The van der Waals surface area contributed by atoms with Crippen molar-refractivity contribution >= 4 is 23.6 Å². The van der Waals surface area contributed by atoms with E-state index in [0.717, 1.165) is 62.3 Å². The number of hydrogen-bond acceptors (Lipinski definition) is 8. The second kappa shape index (κ2) is 13.3. The molecule has 4 rings (SSSR count). The van der Waals surface area contributed by atoms with E-state index in [9.17, 15) is 14.7 Å². The average Bonchev–Trinajstić information content (AvgIpc) is 3.74. The largest absolute Gasteiger partial charge is 0.480 e. The molecule has 37 heavy (non-hydrogen) atoms. The summed E-state index contributed by atoms with van der Waals surface area (Å²) in [6.07, 6.45) is 11.4. The topological polar surface area (TPSA) is 132 Å². The SMILES string of the molecule is CC(=O)NCCN(CCCCc1ccc2c(n1)NCCC2)CC[C@H](Nc1ncc(C2CC2)cn1)C(=O)O. The standard InChI is InChI=1S/C27H39N7O3/c1-19(35)28-13-16-34(14-3-2-6-23-10-9-21-5-4-12-29-25(21)32-23)15-11-24(26(36)37)33-27-30-17-22(18-31-27)20-7-8-20/h9-10,17-18,20,24H,2-8,11-16H2,1H3,(H,28,35)(H,29,32)(H,36,37)(H,30,31,33)/t24-/m0/s1. The second-order valence-corrected chi connectivity index (χ2v) is 10.1. The summed E-state index contributed by atoms with van der Waals surface area (Å²) in [5, 5.41) is 19.0. The molecule has 1 aliphatic carbocycles. The van der Waals surface area contributed by atoms with Crippen molar-refractivity contribution in [2.24, 2.45) is 0 Å². The summed E-state index contributed by atoms with van der Waals surface area (Å²) in [7, 11) is 0. The Morgan fingerprint density at radius 2 is 1.97 bits per heavy atom. The number of rotatable bonds is 15. The van der Waals surface area contributed by atoms with E-state index in [4.69, 9.17) is 4.98 Å². The van der Waals surface area contributed by atoms with Crippen LogP contribution >= 0.6 is 0 Å². The van der Waals surface area contributed by atoms with Gasteiger partial charge in [-0.1, -0.05) is 6.07 Å². The van der Waals surface area contributed by atoms with Crippen LogP contribution in [0.3, 0.4) is 0 Å². The second-order valence-electron chi connectivity index (χ2n) is 10.1. The molecule has 1 amide bonds. The summed E-state index contributed by atoms with van der Waals surface area (Å²) in [5.74, 6) is 0.932. The van der Waals surface area contributed by atoms with Crippen molar-refractivity contribution in [3.05, 3.63) is 41.3 Å². The molecule has 2 aromatic rings. The van der Waals surface area contributed by atoms with Gasteiger partial charge in [0.1, 0.15) is 11.9 Å². The van der Waals surface area contributed by atoms with Gasteiger partial charge in [0.05, 0.1) is 0 Å². The molecule has 2 aromatic heterocycles. The molecule has 1 fully saturated rings. The van der Waals surface area contributed by atoms with E-state index in [1.54, 1.807) is 12.4 Å². The van der Waals surface area contributed by atoms with Crippen molar-refractivity contribution in [1.29, 1.82) is 0 Å². The summed E-state index contributed by atoms with van der Waals surface area (Å²) in [6, 6.07) is 3.52. The Labute approximate surface area is 218 Å². The Bertz CT molecular complexity index is 1040. The van der Waals surface area contributed by atoms with Gasteiger partial charge >= 0.3 is 5.97 Å². The van der Waals surface area contributed by atoms with Crippen LogP contribution in [0.1, 0.15) is 68.2 Å². The van der Waals surface area contributed by atoms with Gasteiger partial charge in [-0.3, -0.25) is 4.79 Å². The molecular formula is C27H39N7O3. The van der Waals surface area contributed by atoms with Crippen LogP contribution in [-0.2, 0) is 22.4 Å². The molecule has 10 heteroatoms. The third kappa shape index (κ3) is 8.66. The van der Waals surface area contributed by atoms with Gasteiger partial charge in [0, 0.05) is 51.2 Å². The van der Waals surface area contributed by atoms with Crippen LogP contribution in [0.15, 0.2) is 24.5 Å². The van der Waals surface area contributed by atoms with E-state index in [1.807, 2.05) is 0 Å². The van der Waals surface area contributed by atoms with Gasteiger partial charge in [-0.15, -0.1) is 0 Å². The number of unbranched alkanes of at least 4 members (excludes halogenated alkanes) is 1. The summed E-state index contributed by atoms with van der Waals surface area (Å²) < 4.78 is 0. The third-order valence-electron chi connectivity index (χ3n) is 6.97. The predicted octanol–water partition coefficient (Wildman–Crippen LogP) is 2.82. The van der Waals surface area contributed by atoms with Gasteiger partial charge in [-0.05, 0) is 81.0 Å². The highest BCUT2D eigenvalue weighted by Gasteiger charge is 2.25. The molecular weight excluding hydrogens is 470 g/mol. The molecule has 2 aliphatic rings. The number of aromatic nitrogens is 3. The van der Waals surface area contributed by atoms with Crippen LogP contribution in [0.5, 0.6) is 0 Å². The lowest BCUT2D eigenvalue weighted by atomic mass is 10.1. The van der Waals surface area contributed by atoms with Crippen molar-refractivity contribution < 1.29 is 14.7 Å². The monoisotopic (exact) mass is 509 g/mol. The van der Waals surface area contributed by atoms with Crippen LogP contribution in [0.2, 0.25) is 0 Å². The summed E-state index contributed by atoms with van der Waals surface area (Å²) in [5.41, 5.74) is 3.51. The fourth-order valence-corrected chi connectivity index (χ4v) is 4.64. The number of fused-ring (bicyclic) bond motifs is 1. The first-order valence-electron chi connectivity index (χ1n) is 13.5. The van der Waals surface area contributed by atoms with Gasteiger partial charge < -0.3 is 26.0 Å². The van der Waals surface area contributed by atoms with Crippen LogP contribution in [-0.4, -0.2) is 75.6 Å². The Balaban J connectivity index is 1.25. The van der Waals surface area contributed by atoms with Crippen molar-refractivity contribution in [2.75, 3.05) is 43.4 Å². The molecule has 0 bridgehead atoms. The number of hydrogen-bond donors (Lipinski definition) is 4. The first-order valence-corrected chi connectivity index (χ1v) is 13.5. The number of nitrogens with zero attached hydrogens (tertiary/aromatic N) is 4. The number of carbonyl (C=O) groups excluding carboxylic acids is 1. The lowest BCUT2D eigenvalue weighted by molar-refractivity contribution is -0.138. The summed E-state index contributed by atoms with van der Waals surface area (Å²) >= 11 is 0. The van der Waals surface area contributed by atoms with Crippen molar-refractivity contribution in [3.63, 3.8) is 0 Å². The minimum Gasteiger partial charge on any atom is -0.480 e. The van der Waals surface area contributed by atoms with Gasteiger partial charge in [-0.25, -0.2) is 19.7 Å². The van der Waals surface area contributed by atoms with Gasteiger partial charge in [0.15, 0.2) is 0 Å². The average molecular weight is 510 g/mol. The number of pyridine rings is 1. The van der Waals surface area contributed by atoms with E-state index in [0.29, 0.717) is 37.9 Å². The minimum atomic E-state index is -0.927. The molecule has 0 aromatic carbocycles. The van der Waals surface area contributed by atoms with E-state index >= 15 is 0 Å². The quantitative estimate of drug-likeness (QED) is 0.268. The zero-order valence-electron chi connectivity index (χ0n) is 21.7. The maximum atomic E-state index is 11.9. The van der Waals surface area contributed by atoms with Crippen LogP contribution < -0.4 is 16.0 Å². The van der Waals surface area contributed by atoms with E-state index in [-0.39, 0.29) is 5.91 Å². The van der Waals surface area contributed by atoms with Crippen LogP contribution in [0.4, 0.5) is 11.8 Å². The first kappa shape index (κ1) is 26.8. The molecule has 0 radical (unpaired) electrons. The Morgan fingerprint density at radius 1 is 1.16 bits per heavy atom. The van der Waals surface area contributed by atoms with Crippen LogP contribution in [0, 0.1) is 0 Å². The highest BCUT2D eigenvalue weighted by Crippen LogP contribution is 2.39. The van der Waals surface area contributed by atoms with E-state index < -0.39 is 12.0 Å². The predicted molar refractivity (Wildman–Crippen MR) is 143 cm³/mol. The zero-order valence-corrected chi connectivity index (χ0v) is 21.7. The minimum absolute atomic E-state index is 0.0658. The van der Waals surface area contributed by atoms with E-state index in [1.165, 1.54) is 25.3 Å². The van der Waals surface area contributed by atoms with E-state index in [2.05, 4.69) is 43.0 Å². The Hall–Kier alpha value is -3.27. The number of aryl methyl sites for hydroxylation is 2. The highest BCUT2D eigenvalue weighted by atomic mass is 16.4. The van der Waals surface area contributed by atoms with Gasteiger partial charge in [0.25, 0.3) is 0 Å². The van der Waals surface area contributed by atoms with Crippen molar-refractivity contribution in [1.82, 2.24) is 25.2 Å². The fourth-order valence-electron chi connectivity index (χ4n) is 4.64. The molecule has 10 nitrogen and oxygen atoms in total. The van der Waals surface area contributed by atoms with Crippen molar-refractivity contribution in [3.8, 4) is 0 Å². The first-order chi connectivity index (χ1) is 18.0. The molecule has 1 atom stereocenters. The lowest BCUT2D eigenvalue weighted by Gasteiger charge is -2.24. The highest BCUT2D eigenvalue weighted by molar-refractivity contribution is 5.76. The molecule has 4 N–H and O–H groups in total. The third-order valence-corrected chi connectivity index (χ3v) is 6.97. The number of anilines is 2. The maximum Gasteiger partial charge on any atom is 0.326 e. The molecule has 0 spiro atoms. The molecule has 1 aliphatic heterocycles. The summed E-state index contributed by atoms with van der Waals surface area (Å²) in [4.78, 5) is 38.9. The number of amides is 1. The summed E-state index contributed by atoms with van der Waals surface area (Å²) in [6.45, 7) is 5.09. The van der Waals surface area contributed by atoms with Crippen molar-refractivity contribution in [2.45, 2.75) is 70.3 Å². The molecule has 200 valence electrons. The molecule has 0 unspecified atom stereocenters. The lowest BCUT2D eigenvalue weighted by Crippen LogP contribution is -2.39. The number of carboxylic acid groups (broad SMARTS) is 1. The van der Waals surface area contributed by atoms with Gasteiger partial charge in [-0.2, -0.15) is 0 Å². The number of nitrogens with one attached hydrogen (secondary N) is 3. The number of carboxylic acids is 1. The maximum absolute atomic E-state index is 11.9. The number of carbonyl (C=O) groups is 2. The normalized spacial score (nSPS) is 15.5. The molecule has 3 heterocycles. The number of aliphatic carboxylic acids is 1. The Morgan fingerprint density at radius 3 is 2.70 bits per heavy atom. The van der Waals surface area contributed by atoms with Gasteiger partial charge in [0.2, 0.25) is 11.9 Å².